The maximum absolute atomic E-state index is 8.76. The molecule has 0 aromatic carbocycles. The lowest BCUT2D eigenvalue weighted by molar-refractivity contribution is -0.123. The summed E-state index contributed by atoms with van der Waals surface area (Å²) in [6.45, 7) is -0.208. The van der Waals surface area contributed by atoms with Crippen LogP contribution in [0.5, 0.6) is 0 Å². The van der Waals surface area contributed by atoms with E-state index in [0.717, 1.165) is 0 Å². The minimum absolute atomic E-state index is 0.0417. The van der Waals surface area contributed by atoms with Gasteiger partial charge in [-0.1, -0.05) is 0 Å². The zero-order chi connectivity index (χ0) is 6.12. The molecule has 0 heterocycles. The lowest BCUT2D eigenvalue weighted by atomic mass is 11.7. The van der Waals surface area contributed by atoms with Crippen LogP contribution in [0.15, 0.2) is 0 Å². The SMILES string of the molecule is O=CO.[2H]OC=O. The summed E-state index contributed by atoms with van der Waals surface area (Å²) in [5.74, 6) is 0. The highest BCUT2D eigenvalue weighted by Crippen LogP contribution is 0.969. The van der Waals surface area contributed by atoms with Crippen LogP contribution < -0.4 is 0 Å². The van der Waals surface area contributed by atoms with Crippen LogP contribution in [-0.4, -0.2) is 23.2 Å². The largest absolute Gasteiger partial charge is 0.483 e. The molecule has 0 radical (unpaired) electrons. The van der Waals surface area contributed by atoms with Gasteiger partial charge in [-0.05, 0) is 0 Å². The summed E-state index contributed by atoms with van der Waals surface area (Å²) < 4.78 is 5.58. The molecule has 6 heavy (non-hydrogen) atoms. The minimum atomic E-state index is -0.250. The van der Waals surface area contributed by atoms with Gasteiger partial charge in [0.25, 0.3) is 14.4 Å². The van der Waals surface area contributed by atoms with Crippen molar-refractivity contribution in [1.29, 1.82) is 1.43 Å². The molecule has 0 rings (SSSR count). The third-order valence-corrected chi connectivity index (χ3v) is 0. The predicted molar refractivity (Wildman–Crippen MR) is 17.4 cm³/mol. The first-order chi connectivity index (χ1) is 3.33. The summed E-state index contributed by atoms with van der Waals surface area (Å²) in [7, 11) is 0. The van der Waals surface area contributed by atoms with Gasteiger partial charge in [0.1, 0.15) is 0 Å². The van der Waals surface area contributed by atoms with E-state index in [-0.39, 0.29) is 12.9 Å². The Morgan fingerprint density at radius 2 is 1.67 bits per heavy atom. The first-order valence-corrected chi connectivity index (χ1v) is 0.965. The number of carbonyl (C=O) groups is 2. The van der Waals surface area contributed by atoms with Gasteiger partial charge in [0, 0.05) is 0 Å². The first kappa shape index (κ1) is 4.94. The Hall–Kier alpha value is -1.06. The molecule has 0 aromatic heterocycles. The predicted octanol–water partition coefficient (Wildman–Crippen LogP) is -0.598. The van der Waals surface area contributed by atoms with E-state index >= 15 is 0 Å². The van der Waals surface area contributed by atoms with E-state index in [1.165, 1.54) is 0 Å². The van der Waals surface area contributed by atoms with Crippen molar-refractivity contribution < 1.29 is 19.8 Å². The van der Waals surface area contributed by atoms with E-state index in [1.807, 2.05) is 0 Å². The van der Waals surface area contributed by atoms with E-state index in [9.17, 15) is 0 Å². The highest BCUT2D eigenvalue weighted by atomic mass is 16.3. The van der Waals surface area contributed by atoms with Crippen LogP contribution in [0.25, 0.3) is 1.43 Å². The highest BCUT2D eigenvalue weighted by molar-refractivity contribution is 5.32. The molecule has 0 saturated carbocycles. The summed E-state index contributed by atoms with van der Waals surface area (Å²) in [5.41, 5.74) is 0. The monoisotopic (exact) mass is 93.0 g/mol. The van der Waals surface area contributed by atoms with Crippen LogP contribution in [0.1, 0.15) is 0 Å². The number of hydrogen-bond donors (Lipinski definition) is 2. The molecule has 36 valence electrons. The fraction of sp³-hybridized carbons (Fsp3) is 0. The normalized spacial score (nSPS) is 5.67. The fourth-order valence-corrected chi connectivity index (χ4v) is 0. The van der Waals surface area contributed by atoms with Crippen molar-refractivity contribution in [2.24, 2.45) is 0 Å². The van der Waals surface area contributed by atoms with Crippen LogP contribution >= 0.6 is 0 Å². The molecule has 4 heteroatoms. The van der Waals surface area contributed by atoms with E-state index < -0.39 is 0 Å². The summed E-state index contributed by atoms with van der Waals surface area (Å²) in [6.07, 6.45) is 0. The third kappa shape index (κ3) is 9.85. The van der Waals surface area contributed by atoms with Crippen molar-refractivity contribution in [3.05, 3.63) is 0 Å². The van der Waals surface area contributed by atoms with Crippen molar-refractivity contribution in [2.45, 2.75) is 0 Å². The van der Waals surface area contributed by atoms with Gasteiger partial charge in [0.05, 0.1) is 0 Å². The van der Waals surface area contributed by atoms with E-state index in [4.69, 9.17) is 16.1 Å². The Morgan fingerprint density at radius 3 is 1.67 bits per heavy atom. The molecule has 0 fully saturated rings. The second-order valence-corrected chi connectivity index (χ2v) is 0.202. The van der Waals surface area contributed by atoms with Gasteiger partial charge in [-0.25, -0.2) is 0 Å². The zero-order valence-electron chi connectivity index (χ0n) is 3.83. The Labute approximate surface area is 35.5 Å². The maximum atomic E-state index is 8.76. The molecule has 0 aliphatic rings. The number of hydrogen-bond acceptors (Lipinski definition) is 3. The average molecular weight is 93.1 g/mol. The van der Waals surface area contributed by atoms with Gasteiger partial charge in [-0.15, -0.1) is 0 Å². The molecule has 0 bridgehead atoms. The fourth-order valence-electron chi connectivity index (χ4n) is 0. The van der Waals surface area contributed by atoms with E-state index in [0.29, 0.717) is 0 Å². The Balaban J connectivity index is 0. The van der Waals surface area contributed by atoms with Crippen LogP contribution in [0.3, 0.4) is 0 Å². The molecule has 0 spiro atoms. The van der Waals surface area contributed by atoms with Crippen molar-refractivity contribution in [2.75, 3.05) is 0 Å². The van der Waals surface area contributed by atoms with Gasteiger partial charge in [-0.3, -0.25) is 9.59 Å². The minimum Gasteiger partial charge on any atom is -0.483 e. The maximum Gasteiger partial charge on any atom is 0.296 e. The van der Waals surface area contributed by atoms with Gasteiger partial charge in [0.2, 0.25) is 0 Å². The van der Waals surface area contributed by atoms with E-state index in [1.54, 1.807) is 0 Å². The molecule has 0 atom stereocenters. The average Bonchev–Trinajstić information content (AvgIpc) is 1.69. The van der Waals surface area contributed by atoms with Crippen LogP contribution in [0, 0.1) is 0 Å². The van der Waals surface area contributed by atoms with Crippen molar-refractivity contribution in [1.82, 2.24) is 0 Å². The van der Waals surface area contributed by atoms with Crippen molar-refractivity contribution in [3.8, 4) is 0 Å². The molecule has 0 saturated heterocycles. The quantitative estimate of drug-likeness (QED) is 0.424. The standard InChI is InChI=1S/2CH2O2/c2*2-1-3/h2*1H,(H,2,3)/i/hD. The molecular formula is C2H4O4. The summed E-state index contributed by atoms with van der Waals surface area (Å²) in [6, 6.07) is 0. The molecule has 0 aliphatic carbocycles. The highest BCUT2D eigenvalue weighted by Gasteiger charge is 1.22. The Bertz CT molecular complexity index is 45.0. The van der Waals surface area contributed by atoms with Crippen LogP contribution in [-0.2, 0) is 9.59 Å². The summed E-state index contributed by atoms with van der Waals surface area (Å²) in [5, 5.41) is 10.0. The van der Waals surface area contributed by atoms with E-state index in [2.05, 4.69) is 5.11 Å². The molecule has 0 unspecified atom stereocenters. The molecule has 0 aromatic rings. The van der Waals surface area contributed by atoms with Crippen molar-refractivity contribution >= 4 is 12.9 Å². The first-order valence-electron chi connectivity index (χ1n) is 1.37. The van der Waals surface area contributed by atoms with Crippen LogP contribution in [0.4, 0.5) is 0 Å². The van der Waals surface area contributed by atoms with Crippen molar-refractivity contribution in [3.63, 3.8) is 0 Å². The number of rotatable bonds is 1. The lowest BCUT2D eigenvalue weighted by Gasteiger charge is -1.34. The van der Waals surface area contributed by atoms with Gasteiger partial charge >= 0.3 is 0 Å². The molecule has 2 N–H and O–H groups in total. The lowest BCUT2D eigenvalue weighted by Crippen LogP contribution is -1.49. The summed E-state index contributed by atoms with van der Waals surface area (Å²) >= 11 is 0. The van der Waals surface area contributed by atoms with Crippen LogP contribution in [0.2, 0.25) is 0 Å². The molecule has 0 amide bonds. The smallest absolute Gasteiger partial charge is 0.296 e. The molecule has 4 nitrogen and oxygen atoms in total. The second-order valence-electron chi connectivity index (χ2n) is 0.202. The van der Waals surface area contributed by atoms with Gasteiger partial charge in [0.15, 0.2) is 0 Å². The third-order valence-electron chi connectivity index (χ3n) is 0. The zero-order valence-corrected chi connectivity index (χ0v) is 2.83. The Kier molecular flexibility index (Phi) is 31.7. The molecule has 0 aliphatic heterocycles. The Morgan fingerprint density at radius 1 is 1.50 bits per heavy atom. The second kappa shape index (κ2) is 38.5. The topological polar surface area (TPSA) is 74.6 Å². The molecular weight excluding hydrogens is 88.0 g/mol. The van der Waals surface area contributed by atoms with Gasteiger partial charge < -0.3 is 10.2 Å². The number of carboxylic acid groups (broad SMARTS) is 2. The van der Waals surface area contributed by atoms with Gasteiger partial charge in [-0.2, -0.15) is 0 Å². The summed E-state index contributed by atoms with van der Waals surface area (Å²) in [4.78, 5) is 17.1.